The second kappa shape index (κ2) is 4.10. The van der Waals surface area contributed by atoms with Crippen LogP contribution in [0, 0.1) is 5.92 Å². The quantitative estimate of drug-likeness (QED) is 0.551. The van der Waals surface area contributed by atoms with E-state index >= 15 is 0 Å². The van der Waals surface area contributed by atoms with Crippen molar-refractivity contribution in [3.8, 4) is 0 Å². The van der Waals surface area contributed by atoms with E-state index in [1.807, 2.05) is 6.08 Å². The Morgan fingerprint density at radius 3 is 3.00 bits per heavy atom. The zero-order chi connectivity index (χ0) is 8.97. The van der Waals surface area contributed by atoms with Crippen molar-refractivity contribution in [3.05, 3.63) is 48.6 Å². The van der Waals surface area contributed by atoms with Crippen LogP contribution in [-0.4, -0.2) is 0 Å². The van der Waals surface area contributed by atoms with Gasteiger partial charge in [0.1, 0.15) is 0 Å². The summed E-state index contributed by atoms with van der Waals surface area (Å²) in [5.74, 6) is 0.584. The Labute approximate surface area is 75.0 Å². The van der Waals surface area contributed by atoms with Gasteiger partial charge in [0, 0.05) is 5.92 Å². The third kappa shape index (κ3) is 2.23. The summed E-state index contributed by atoms with van der Waals surface area (Å²) in [4.78, 5) is 0. The zero-order valence-electron chi connectivity index (χ0n) is 7.72. The van der Waals surface area contributed by atoms with Gasteiger partial charge in [0.05, 0.1) is 0 Å². The molecule has 0 amide bonds. The monoisotopic (exact) mass is 160 g/mol. The largest absolute Gasteiger partial charge is 0.103 e. The second-order valence-electron chi connectivity index (χ2n) is 3.39. The maximum Gasteiger partial charge on any atom is 0.00230 e. The minimum absolute atomic E-state index is 0.584. The molecule has 0 heterocycles. The van der Waals surface area contributed by atoms with Crippen LogP contribution < -0.4 is 0 Å². The van der Waals surface area contributed by atoms with Crippen molar-refractivity contribution in [3.63, 3.8) is 0 Å². The van der Waals surface area contributed by atoms with Gasteiger partial charge in [0.25, 0.3) is 0 Å². The van der Waals surface area contributed by atoms with Crippen molar-refractivity contribution < 1.29 is 0 Å². The van der Waals surface area contributed by atoms with Crippen LogP contribution >= 0.6 is 0 Å². The van der Waals surface area contributed by atoms with Crippen LogP contribution in [0.3, 0.4) is 0 Å². The van der Waals surface area contributed by atoms with E-state index < -0.39 is 0 Å². The highest BCUT2D eigenvalue weighted by Crippen LogP contribution is 2.27. The molecule has 0 bridgehead atoms. The molecule has 0 saturated carbocycles. The first kappa shape index (κ1) is 9.05. The third-order valence-electron chi connectivity index (χ3n) is 2.08. The van der Waals surface area contributed by atoms with Crippen molar-refractivity contribution in [2.24, 2.45) is 5.92 Å². The second-order valence-corrected chi connectivity index (χ2v) is 3.39. The van der Waals surface area contributed by atoms with Gasteiger partial charge < -0.3 is 0 Å². The van der Waals surface area contributed by atoms with Gasteiger partial charge in [-0.1, -0.05) is 35.5 Å². The molecule has 0 nitrogen and oxygen atoms in total. The molecule has 1 aliphatic carbocycles. The fraction of sp³-hybridized carbons (Fsp3) is 0.333. The van der Waals surface area contributed by atoms with Gasteiger partial charge in [-0.15, -0.1) is 13.2 Å². The van der Waals surface area contributed by atoms with Crippen molar-refractivity contribution >= 4 is 0 Å². The van der Waals surface area contributed by atoms with Gasteiger partial charge in [-0.3, -0.25) is 0 Å². The van der Waals surface area contributed by atoms with E-state index in [2.05, 4.69) is 38.3 Å². The SMILES string of the molecule is C=CCC1=CC=CC1CC(=C)C. The average molecular weight is 160 g/mol. The van der Waals surface area contributed by atoms with Crippen LogP contribution in [0.2, 0.25) is 0 Å². The Morgan fingerprint density at radius 2 is 2.42 bits per heavy atom. The molecular weight excluding hydrogens is 144 g/mol. The minimum Gasteiger partial charge on any atom is -0.103 e. The van der Waals surface area contributed by atoms with Crippen LogP contribution in [0.25, 0.3) is 0 Å². The molecule has 0 aromatic rings. The molecule has 0 N–H and O–H groups in total. The first-order valence-corrected chi connectivity index (χ1v) is 4.36. The number of rotatable bonds is 4. The molecule has 1 unspecified atom stereocenters. The van der Waals surface area contributed by atoms with Crippen LogP contribution in [0.4, 0.5) is 0 Å². The third-order valence-corrected chi connectivity index (χ3v) is 2.08. The summed E-state index contributed by atoms with van der Waals surface area (Å²) < 4.78 is 0. The molecule has 1 rings (SSSR count). The van der Waals surface area contributed by atoms with Gasteiger partial charge in [0.15, 0.2) is 0 Å². The highest BCUT2D eigenvalue weighted by Gasteiger charge is 2.12. The summed E-state index contributed by atoms with van der Waals surface area (Å²) >= 11 is 0. The van der Waals surface area contributed by atoms with Crippen molar-refractivity contribution in [2.45, 2.75) is 19.8 Å². The Hall–Kier alpha value is -1.04. The van der Waals surface area contributed by atoms with Gasteiger partial charge >= 0.3 is 0 Å². The molecule has 0 aromatic carbocycles. The van der Waals surface area contributed by atoms with E-state index in [1.54, 1.807) is 0 Å². The van der Waals surface area contributed by atoms with Gasteiger partial charge in [-0.25, -0.2) is 0 Å². The van der Waals surface area contributed by atoms with Crippen LogP contribution in [0.1, 0.15) is 19.8 Å². The predicted octanol–water partition coefficient (Wildman–Crippen LogP) is 3.64. The summed E-state index contributed by atoms with van der Waals surface area (Å²) in [5, 5.41) is 0. The molecule has 0 heteroatoms. The van der Waals surface area contributed by atoms with E-state index in [0.29, 0.717) is 5.92 Å². The van der Waals surface area contributed by atoms with E-state index in [9.17, 15) is 0 Å². The van der Waals surface area contributed by atoms with E-state index in [1.165, 1.54) is 11.1 Å². The number of allylic oxidation sites excluding steroid dienone is 6. The summed E-state index contributed by atoms with van der Waals surface area (Å²) in [7, 11) is 0. The summed E-state index contributed by atoms with van der Waals surface area (Å²) in [6.45, 7) is 9.75. The summed E-state index contributed by atoms with van der Waals surface area (Å²) in [6, 6.07) is 0. The lowest BCUT2D eigenvalue weighted by Crippen LogP contribution is -1.97. The van der Waals surface area contributed by atoms with E-state index in [0.717, 1.165) is 12.8 Å². The molecule has 0 fully saturated rings. The van der Waals surface area contributed by atoms with Crippen LogP contribution in [0.5, 0.6) is 0 Å². The van der Waals surface area contributed by atoms with Crippen molar-refractivity contribution in [1.82, 2.24) is 0 Å². The Balaban J connectivity index is 2.54. The topological polar surface area (TPSA) is 0 Å². The lowest BCUT2D eigenvalue weighted by molar-refractivity contribution is 0.742. The average Bonchev–Trinajstić information content (AvgIpc) is 2.37. The van der Waals surface area contributed by atoms with Gasteiger partial charge in [-0.2, -0.15) is 0 Å². The molecular formula is C12H16. The maximum atomic E-state index is 3.93. The number of hydrogen-bond donors (Lipinski definition) is 0. The minimum atomic E-state index is 0.584. The highest BCUT2D eigenvalue weighted by molar-refractivity contribution is 5.30. The smallest absolute Gasteiger partial charge is 0.00230 e. The van der Waals surface area contributed by atoms with Crippen LogP contribution in [-0.2, 0) is 0 Å². The highest BCUT2D eigenvalue weighted by atomic mass is 14.2. The Bertz CT molecular complexity index is 241. The molecule has 0 aromatic heterocycles. The molecule has 12 heavy (non-hydrogen) atoms. The maximum absolute atomic E-state index is 3.93. The molecule has 0 spiro atoms. The van der Waals surface area contributed by atoms with Gasteiger partial charge in [0.2, 0.25) is 0 Å². The fourth-order valence-corrected chi connectivity index (χ4v) is 1.52. The predicted molar refractivity (Wildman–Crippen MR) is 55.0 cm³/mol. The molecule has 1 atom stereocenters. The molecule has 0 saturated heterocycles. The van der Waals surface area contributed by atoms with E-state index in [4.69, 9.17) is 0 Å². The summed E-state index contributed by atoms with van der Waals surface area (Å²) in [5.41, 5.74) is 2.72. The first-order chi connectivity index (χ1) is 5.74. The molecule has 0 radical (unpaired) electrons. The standard InChI is InChI=1S/C12H16/c1-4-6-11-7-5-8-12(11)9-10(2)3/h4-5,7-8,12H,1-2,6,9H2,3H3. The molecule has 64 valence electrons. The van der Waals surface area contributed by atoms with Crippen molar-refractivity contribution in [2.75, 3.05) is 0 Å². The zero-order valence-corrected chi connectivity index (χ0v) is 7.72. The lowest BCUT2D eigenvalue weighted by atomic mass is 9.94. The summed E-state index contributed by atoms with van der Waals surface area (Å²) in [6.07, 6.45) is 10.6. The van der Waals surface area contributed by atoms with Crippen LogP contribution in [0.15, 0.2) is 48.6 Å². The van der Waals surface area contributed by atoms with E-state index in [-0.39, 0.29) is 0 Å². The molecule has 1 aliphatic rings. The normalized spacial score (nSPS) is 20.8. The lowest BCUT2D eigenvalue weighted by Gasteiger charge is -2.11. The first-order valence-electron chi connectivity index (χ1n) is 4.36. The Morgan fingerprint density at radius 1 is 1.67 bits per heavy atom. The fourth-order valence-electron chi connectivity index (χ4n) is 1.52. The number of hydrogen-bond acceptors (Lipinski definition) is 0. The molecule has 0 aliphatic heterocycles. The Kier molecular flexibility index (Phi) is 3.09. The van der Waals surface area contributed by atoms with Gasteiger partial charge in [-0.05, 0) is 19.8 Å². The van der Waals surface area contributed by atoms with Crippen molar-refractivity contribution in [1.29, 1.82) is 0 Å².